The van der Waals surface area contributed by atoms with Gasteiger partial charge in [0.1, 0.15) is 6.04 Å². The number of carbonyl (C=O) groups is 2. The maximum Gasteiger partial charge on any atom is 0.326 e. The number of hydrogen-bond donors (Lipinski definition) is 2. The number of urea groups is 1. The van der Waals surface area contributed by atoms with Crippen molar-refractivity contribution in [2.24, 2.45) is 5.92 Å². The molecule has 0 spiro atoms. The summed E-state index contributed by atoms with van der Waals surface area (Å²) in [5, 5.41) is 11.9. The molecule has 0 aromatic carbocycles. The third kappa shape index (κ3) is 6.78. The van der Waals surface area contributed by atoms with Gasteiger partial charge in [-0.3, -0.25) is 0 Å². The van der Waals surface area contributed by atoms with Crippen LogP contribution in [0, 0.1) is 5.92 Å². The number of hydrogen-bond acceptors (Lipinski definition) is 2. The predicted molar refractivity (Wildman–Crippen MR) is 80.8 cm³/mol. The molecule has 0 saturated carbocycles. The van der Waals surface area contributed by atoms with Crippen LogP contribution >= 0.6 is 0 Å². The number of amides is 2. The summed E-state index contributed by atoms with van der Waals surface area (Å²) < 4.78 is 0. The summed E-state index contributed by atoms with van der Waals surface area (Å²) in [6.07, 6.45) is 3.25. The summed E-state index contributed by atoms with van der Waals surface area (Å²) in [6.45, 7) is 10.7. The highest BCUT2D eigenvalue weighted by Crippen LogP contribution is 2.09. The van der Waals surface area contributed by atoms with E-state index in [2.05, 4.69) is 12.2 Å². The molecule has 0 aliphatic carbocycles. The third-order valence-corrected chi connectivity index (χ3v) is 3.44. The lowest BCUT2D eigenvalue weighted by Crippen LogP contribution is -2.51. The van der Waals surface area contributed by atoms with Crippen molar-refractivity contribution < 1.29 is 14.7 Å². The largest absolute Gasteiger partial charge is 0.480 e. The van der Waals surface area contributed by atoms with Crippen LogP contribution < -0.4 is 5.32 Å². The van der Waals surface area contributed by atoms with Crippen LogP contribution in [-0.4, -0.2) is 40.6 Å². The second-order valence-corrected chi connectivity index (χ2v) is 5.77. The summed E-state index contributed by atoms with van der Waals surface area (Å²) in [4.78, 5) is 25.3. The molecule has 0 heterocycles. The van der Waals surface area contributed by atoms with Crippen molar-refractivity contribution in [1.82, 2.24) is 10.2 Å². The molecule has 0 rings (SSSR count). The van der Waals surface area contributed by atoms with Crippen LogP contribution in [0.3, 0.4) is 0 Å². The maximum atomic E-state index is 12.3. The second-order valence-electron chi connectivity index (χ2n) is 5.77. The van der Waals surface area contributed by atoms with Gasteiger partial charge in [0.25, 0.3) is 0 Å². The maximum absolute atomic E-state index is 12.3. The number of nitrogens with zero attached hydrogens (tertiary/aromatic N) is 1. The average molecular weight is 286 g/mol. The Morgan fingerprint density at radius 3 is 2.20 bits per heavy atom. The van der Waals surface area contributed by atoms with E-state index in [9.17, 15) is 14.7 Å². The first-order valence-corrected chi connectivity index (χ1v) is 7.63. The second kappa shape index (κ2) is 9.61. The summed E-state index contributed by atoms with van der Waals surface area (Å²) in [5.41, 5.74) is 0. The fourth-order valence-corrected chi connectivity index (χ4v) is 2.00. The Morgan fingerprint density at radius 1 is 1.20 bits per heavy atom. The van der Waals surface area contributed by atoms with Crippen molar-refractivity contribution in [1.29, 1.82) is 0 Å². The molecular formula is C15H30N2O3. The highest BCUT2D eigenvalue weighted by Gasteiger charge is 2.25. The third-order valence-electron chi connectivity index (χ3n) is 3.44. The minimum absolute atomic E-state index is 0.120. The quantitative estimate of drug-likeness (QED) is 0.684. The number of carbonyl (C=O) groups excluding carboxylic acids is 1. The van der Waals surface area contributed by atoms with E-state index < -0.39 is 12.0 Å². The Labute approximate surface area is 122 Å². The van der Waals surface area contributed by atoms with Gasteiger partial charge in [-0.25, -0.2) is 9.59 Å². The van der Waals surface area contributed by atoms with Crippen molar-refractivity contribution in [3.05, 3.63) is 0 Å². The van der Waals surface area contributed by atoms with E-state index in [1.165, 1.54) is 0 Å². The van der Waals surface area contributed by atoms with E-state index in [1.54, 1.807) is 4.90 Å². The van der Waals surface area contributed by atoms with E-state index in [1.807, 2.05) is 27.7 Å². The molecule has 2 amide bonds. The first-order valence-electron chi connectivity index (χ1n) is 7.63. The van der Waals surface area contributed by atoms with Crippen LogP contribution in [0.2, 0.25) is 0 Å². The molecule has 0 radical (unpaired) electrons. The molecule has 1 unspecified atom stereocenters. The standard InChI is InChI=1S/C15H30N2O3/c1-6-8-9-17(12(5)7-2)15(20)16-13(14(18)19)10-11(3)4/h11-13H,6-10H2,1-5H3,(H,16,20)(H,18,19)/t12?,13-/m0/s1. The first-order chi connectivity index (χ1) is 9.33. The fourth-order valence-electron chi connectivity index (χ4n) is 2.00. The number of carboxylic acid groups (broad SMARTS) is 1. The van der Waals surface area contributed by atoms with Crippen LogP contribution in [0.25, 0.3) is 0 Å². The Kier molecular flexibility index (Phi) is 9.01. The Morgan fingerprint density at radius 2 is 1.80 bits per heavy atom. The predicted octanol–water partition coefficient (Wildman–Crippen LogP) is 3.10. The monoisotopic (exact) mass is 286 g/mol. The van der Waals surface area contributed by atoms with Crippen molar-refractivity contribution in [3.8, 4) is 0 Å². The number of nitrogens with one attached hydrogen (secondary N) is 1. The summed E-state index contributed by atoms with van der Waals surface area (Å²) in [7, 11) is 0. The molecule has 0 fully saturated rings. The number of unbranched alkanes of at least 4 members (excludes halogenated alkanes) is 1. The number of rotatable bonds is 9. The zero-order valence-electron chi connectivity index (χ0n) is 13.5. The molecule has 2 atom stereocenters. The topological polar surface area (TPSA) is 69.6 Å². The molecule has 5 heteroatoms. The summed E-state index contributed by atoms with van der Waals surface area (Å²) in [5.74, 6) is -0.740. The molecule has 0 aliphatic rings. The van der Waals surface area contributed by atoms with Gasteiger partial charge >= 0.3 is 12.0 Å². The minimum atomic E-state index is -0.966. The molecule has 0 aromatic heterocycles. The van der Waals surface area contributed by atoms with E-state index in [-0.39, 0.29) is 18.0 Å². The molecule has 0 aromatic rings. The lowest BCUT2D eigenvalue weighted by atomic mass is 10.0. The SMILES string of the molecule is CCCCN(C(=O)N[C@@H](CC(C)C)C(=O)O)C(C)CC. The lowest BCUT2D eigenvalue weighted by molar-refractivity contribution is -0.139. The Hall–Kier alpha value is -1.26. The van der Waals surface area contributed by atoms with Gasteiger partial charge in [0, 0.05) is 12.6 Å². The normalized spacial score (nSPS) is 13.9. The van der Waals surface area contributed by atoms with Gasteiger partial charge in [0.15, 0.2) is 0 Å². The highest BCUT2D eigenvalue weighted by molar-refractivity contribution is 5.82. The molecule has 20 heavy (non-hydrogen) atoms. The van der Waals surface area contributed by atoms with Gasteiger partial charge in [-0.15, -0.1) is 0 Å². The molecule has 5 nitrogen and oxygen atoms in total. The molecular weight excluding hydrogens is 256 g/mol. The van der Waals surface area contributed by atoms with Gasteiger partial charge < -0.3 is 15.3 Å². The van der Waals surface area contributed by atoms with E-state index in [0.29, 0.717) is 13.0 Å². The van der Waals surface area contributed by atoms with E-state index in [0.717, 1.165) is 19.3 Å². The number of aliphatic carboxylic acids is 1. The first kappa shape index (κ1) is 18.7. The van der Waals surface area contributed by atoms with Gasteiger partial charge in [0.2, 0.25) is 0 Å². The van der Waals surface area contributed by atoms with Crippen molar-refractivity contribution >= 4 is 12.0 Å². The van der Waals surface area contributed by atoms with Gasteiger partial charge in [0.05, 0.1) is 0 Å². The highest BCUT2D eigenvalue weighted by atomic mass is 16.4. The van der Waals surface area contributed by atoms with Crippen LogP contribution in [0.15, 0.2) is 0 Å². The van der Waals surface area contributed by atoms with Crippen LogP contribution in [0.1, 0.15) is 60.3 Å². The van der Waals surface area contributed by atoms with E-state index in [4.69, 9.17) is 0 Å². The molecule has 2 N–H and O–H groups in total. The zero-order valence-corrected chi connectivity index (χ0v) is 13.5. The average Bonchev–Trinajstić information content (AvgIpc) is 2.37. The molecule has 0 bridgehead atoms. The van der Waals surface area contributed by atoms with Gasteiger partial charge in [-0.05, 0) is 32.1 Å². The zero-order chi connectivity index (χ0) is 15.7. The van der Waals surface area contributed by atoms with Crippen molar-refractivity contribution in [2.45, 2.75) is 72.4 Å². The van der Waals surface area contributed by atoms with E-state index >= 15 is 0 Å². The summed E-state index contributed by atoms with van der Waals surface area (Å²) in [6, 6.07) is -0.952. The van der Waals surface area contributed by atoms with Crippen molar-refractivity contribution in [3.63, 3.8) is 0 Å². The van der Waals surface area contributed by atoms with Crippen LogP contribution in [0.5, 0.6) is 0 Å². The van der Waals surface area contributed by atoms with Crippen LogP contribution in [-0.2, 0) is 4.79 Å². The van der Waals surface area contributed by atoms with Gasteiger partial charge in [-0.2, -0.15) is 0 Å². The Balaban J connectivity index is 4.73. The molecule has 0 saturated heterocycles. The van der Waals surface area contributed by atoms with Crippen LogP contribution in [0.4, 0.5) is 4.79 Å². The summed E-state index contributed by atoms with van der Waals surface area (Å²) >= 11 is 0. The Bertz CT molecular complexity index is 305. The minimum Gasteiger partial charge on any atom is -0.480 e. The van der Waals surface area contributed by atoms with Crippen molar-refractivity contribution in [2.75, 3.05) is 6.54 Å². The molecule has 118 valence electrons. The lowest BCUT2D eigenvalue weighted by Gasteiger charge is -2.30. The van der Waals surface area contributed by atoms with Gasteiger partial charge in [-0.1, -0.05) is 34.1 Å². The molecule has 0 aliphatic heterocycles. The smallest absolute Gasteiger partial charge is 0.326 e. The fraction of sp³-hybridized carbons (Fsp3) is 0.867. The number of carboxylic acids is 1.